The first kappa shape index (κ1) is 44.2. The summed E-state index contributed by atoms with van der Waals surface area (Å²) < 4.78 is 12.4. The molecular weight excluding hydrogens is 881 g/mol. The van der Waals surface area contributed by atoms with E-state index in [1.54, 1.807) is 0 Å². The van der Waals surface area contributed by atoms with E-state index in [0.29, 0.717) is 11.8 Å². The number of nitrogens with zero attached hydrogens (tertiary/aromatic N) is 4. The van der Waals surface area contributed by atoms with Crippen LogP contribution in [-0.2, 0) is 5.41 Å². The molecule has 0 N–H and O–H groups in total. The molecular formula is C66H52N4O2. The largest absolute Gasteiger partial charge is 0.436 e. The Morgan fingerprint density at radius 1 is 0.458 bits per heavy atom. The number of rotatable bonds is 12. The van der Waals surface area contributed by atoms with Gasteiger partial charge in [-0.15, -0.1) is 0 Å². The molecule has 0 saturated heterocycles. The lowest BCUT2D eigenvalue weighted by atomic mass is 9.82. The lowest BCUT2D eigenvalue weighted by Crippen LogP contribution is -2.17. The predicted molar refractivity (Wildman–Crippen MR) is 298 cm³/mol. The van der Waals surface area contributed by atoms with Gasteiger partial charge in [0, 0.05) is 50.7 Å². The molecule has 72 heavy (non-hydrogen) atoms. The molecule has 0 bridgehead atoms. The molecule has 0 amide bonds. The molecule has 2 aromatic heterocycles. The first-order valence-electron chi connectivity index (χ1n) is 24.7. The minimum atomic E-state index is -0.324. The van der Waals surface area contributed by atoms with Crippen LogP contribution in [0, 0.1) is 0 Å². The molecule has 9 aromatic carbocycles. The molecule has 0 radical (unpaired) electrons. The van der Waals surface area contributed by atoms with E-state index >= 15 is 0 Å². The second-order valence-electron chi connectivity index (χ2n) is 18.9. The Morgan fingerprint density at radius 2 is 0.861 bits per heavy atom. The van der Waals surface area contributed by atoms with Crippen molar-refractivity contribution in [3.05, 3.63) is 247 Å². The summed E-state index contributed by atoms with van der Waals surface area (Å²) in [6, 6.07) is 75.1. The Kier molecular flexibility index (Phi) is 11.3. The minimum Gasteiger partial charge on any atom is -0.436 e. The van der Waals surface area contributed by atoms with E-state index in [2.05, 4.69) is 220 Å². The number of fused-ring (bicyclic) bond motifs is 5. The van der Waals surface area contributed by atoms with Gasteiger partial charge in [0.05, 0.1) is 0 Å². The van der Waals surface area contributed by atoms with E-state index in [4.69, 9.17) is 18.8 Å². The Bertz CT molecular complexity index is 3740. The third kappa shape index (κ3) is 8.07. The number of aromatic nitrogens is 2. The Hall–Kier alpha value is -9.00. The fourth-order valence-corrected chi connectivity index (χ4v) is 10.3. The maximum atomic E-state index is 6.18. The van der Waals surface area contributed by atoms with Gasteiger partial charge in [0.15, 0.2) is 11.2 Å². The van der Waals surface area contributed by atoms with Crippen molar-refractivity contribution in [3.63, 3.8) is 0 Å². The van der Waals surface area contributed by atoms with E-state index in [9.17, 15) is 0 Å². The zero-order valence-electron chi connectivity index (χ0n) is 40.8. The molecule has 0 atom stereocenters. The van der Waals surface area contributed by atoms with Crippen LogP contribution in [0.15, 0.2) is 239 Å². The lowest BCUT2D eigenvalue weighted by Gasteiger charge is -2.29. The highest BCUT2D eigenvalue weighted by molar-refractivity contribution is 5.90. The van der Waals surface area contributed by atoms with Crippen molar-refractivity contribution in [2.75, 3.05) is 9.80 Å². The lowest BCUT2D eigenvalue weighted by molar-refractivity contribution is 0.619. The van der Waals surface area contributed by atoms with Crippen LogP contribution in [-0.4, -0.2) is 9.97 Å². The minimum absolute atomic E-state index is 0.324. The number of hydrogen-bond acceptors (Lipinski definition) is 6. The predicted octanol–water partition coefficient (Wildman–Crippen LogP) is 18.6. The Labute approximate surface area is 420 Å². The van der Waals surface area contributed by atoms with Crippen LogP contribution in [0.1, 0.15) is 50.8 Å². The molecule has 0 fully saturated rings. The van der Waals surface area contributed by atoms with Crippen molar-refractivity contribution in [3.8, 4) is 45.2 Å². The molecule has 6 nitrogen and oxygen atoms in total. The Balaban J connectivity index is 0.924. The van der Waals surface area contributed by atoms with Crippen LogP contribution in [0.25, 0.3) is 72.9 Å². The van der Waals surface area contributed by atoms with Gasteiger partial charge < -0.3 is 18.6 Å². The van der Waals surface area contributed by atoms with Crippen molar-refractivity contribution in [1.82, 2.24) is 9.97 Å². The summed E-state index contributed by atoms with van der Waals surface area (Å²) in [5.74, 6) is 1.21. The maximum Gasteiger partial charge on any atom is 0.227 e. The number of allylic oxidation sites excluding steroid dienone is 4. The van der Waals surface area contributed by atoms with Crippen LogP contribution in [0.2, 0.25) is 0 Å². The average Bonchev–Trinajstić information content (AvgIpc) is 4.13. The number of oxazole rings is 2. The first-order valence-corrected chi connectivity index (χ1v) is 24.7. The molecule has 11 aromatic rings. The molecule has 0 aliphatic heterocycles. The second-order valence-corrected chi connectivity index (χ2v) is 18.9. The third-order valence-electron chi connectivity index (χ3n) is 14.0. The normalized spacial score (nSPS) is 12.9. The number of benzene rings is 9. The van der Waals surface area contributed by atoms with Crippen LogP contribution in [0.5, 0.6) is 0 Å². The fourth-order valence-electron chi connectivity index (χ4n) is 10.3. The summed E-state index contributed by atoms with van der Waals surface area (Å²) in [5.41, 5.74) is 20.9. The molecule has 6 heteroatoms. The second kappa shape index (κ2) is 18.4. The standard InChI is InChI=1S/C66H52N4O2/c1-5-14-44(15-6-2)46-22-30-50(31-23-46)69(52-34-26-48(27-35-52)64-67-60-18-10-12-20-62(60)71-64)54-38-40-56-57-41-39-55(43-59(57)66(3,4)58(56)42-54)70(51-32-24-47(25-33-51)45-16-8-7-9-17-45)53-36-28-49(29-37-53)65-68-61-19-11-13-21-63(61)72-65/h5,7-43H,6H2,1-4H3/b14-5-,44-15+. The van der Waals surface area contributed by atoms with Crippen molar-refractivity contribution in [1.29, 1.82) is 0 Å². The van der Waals surface area contributed by atoms with Gasteiger partial charge in [0.1, 0.15) is 11.0 Å². The van der Waals surface area contributed by atoms with Gasteiger partial charge in [0.2, 0.25) is 11.8 Å². The van der Waals surface area contributed by atoms with Crippen molar-refractivity contribution in [2.24, 2.45) is 0 Å². The van der Waals surface area contributed by atoms with E-state index < -0.39 is 0 Å². The quantitative estimate of drug-likeness (QED) is 0.114. The molecule has 0 spiro atoms. The van der Waals surface area contributed by atoms with E-state index in [-0.39, 0.29) is 5.41 Å². The van der Waals surface area contributed by atoms with Gasteiger partial charge in [0.25, 0.3) is 0 Å². The van der Waals surface area contributed by atoms with Gasteiger partial charge >= 0.3 is 0 Å². The summed E-state index contributed by atoms with van der Waals surface area (Å²) in [7, 11) is 0. The molecule has 12 rings (SSSR count). The van der Waals surface area contributed by atoms with E-state index in [0.717, 1.165) is 73.9 Å². The van der Waals surface area contributed by atoms with Crippen LogP contribution in [0.3, 0.4) is 0 Å². The zero-order chi connectivity index (χ0) is 48.8. The van der Waals surface area contributed by atoms with Gasteiger partial charge in [-0.1, -0.05) is 130 Å². The highest BCUT2D eigenvalue weighted by Crippen LogP contribution is 2.53. The maximum absolute atomic E-state index is 6.18. The van der Waals surface area contributed by atoms with Gasteiger partial charge in [-0.05, 0) is 179 Å². The summed E-state index contributed by atoms with van der Waals surface area (Å²) in [6.07, 6.45) is 7.53. The first-order chi connectivity index (χ1) is 35.3. The van der Waals surface area contributed by atoms with Gasteiger partial charge in [-0.25, -0.2) is 9.97 Å². The topological polar surface area (TPSA) is 58.5 Å². The Morgan fingerprint density at radius 3 is 1.31 bits per heavy atom. The van der Waals surface area contributed by atoms with Gasteiger partial charge in [-0.2, -0.15) is 0 Å². The fraction of sp³-hybridized carbons (Fsp3) is 0.0909. The average molecular weight is 933 g/mol. The van der Waals surface area contributed by atoms with Crippen LogP contribution in [0.4, 0.5) is 34.1 Å². The van der Waals surface area contributed by atoms with Gasteiger partial charge in [-0.3, -0.25) is 0 Å². The smallest absolute Gasteiger partial charge is 0.227 e. The summed E-state index contributed by atoms with van der Waals surface area (Å²) in [6.45, 7) is 8.97. The molecule has 0 saturated carbocycles. The highest BCUT2D eigenvalue weighted by atomic mass is 16.4. The summed E-state index contributed by atoms with van der Waals surface area (Å²) in [4.78, 5) is 14.3. The number of para-hydroxylation sites is 4. The monoisotopic (exact) mass is 932 g/mol. The molecule has 348 valence electrons. The molecule has 0 unspecified atom stereocenters. The molecule has 1 aliphatic carbocycles. The third-order valence-corrected chi connectivity index (χ3v) is 14.0. The van der Waals surface area contributed by atoms with Crippen molar-refractivity contribution in [2.45, 2.75) is 39.5 Å². The zero-order valence-corrected chi connectivity index (χ0v) is 40.8. The van der Waals surface area contributed by atoms with E-state index in [1.165, 1.54) is 44.5 Å². The van der Waals surface area contributed by atoms with Crippen molar-refractivity contribution >= 4 is 61.9 Å². The SMILES string of the molecule is C/C=C\C(=C/CC)c1ccc(N(c2ccc(-c3nc4ccccc4o3)cc2)c2ccc3c(c2)C(C)(C)c2cc(N(c4ccc(-c5ccccc5)cc4)c4ccc(-c5nc6ccccc6o5)cc4)ccc2-3)cc1. The summed E-state index contributed by atoms with van der Waals surface area (Å²) in [5, 5.41) is 0. The molecule has 1 aliphatic rings. The summed E-state index contributed by atoms with van der Waals surface area (Å²) >= 11 is 0. The molecule has 2 heterocycles. The number of hydrogen-bond donors (Lipinski definition) is 0. The van der Waals surface area contributed by atoms with Crippen LogP contribution >= 0.6 is 0 Å². The van der Waals surface area contributed by atoms with Crippen LogP contribution < -0.4 is 9.80 Å². The van der Waals surface area contributed by atoms with E-state index in [1.807, 2.05) is 48.5 Å². The number of anilines is 6. The van der Waals surface area contributed by atoms with Crippen molar-refractivity contribution < 1.29 is 8.83 Å². The highest BCUT2D eigenvalue weighted by Gasteiger charge is 2.37.